The first-order chi connectivity index (χ1) is 9.19. The minimum Gasteiger partial charge on any atom is -0.497 e. The molecule has 0 amide bonds. The molecule has 19 heavy (non-hydrogen) atoms. The van der Waals surface area contributed by atoms with Crippen LogP contribution in [0.2, 0.25) is 0 Å². The Balaban J connectivity index is 2.22. The number of benzene rings is 1. The van der Waals surface area contributed by atoms with E-state index in [2.05, 4.69) is 37.4 Å². The van der Waals surface area contributed by atoms with Crippen molar-refractivity contribution in [3.05, 3.63) is 52.8 Å². The van der Waals surface area contributed by atoms with Crippen LogP contribution in [0.5, 0.6) is 5.75 Å². The number of pyridine rings is 1. The number of halogens is 1. The molecule has 0 bridgehead atoms. The maximum Gasteiger partial charge on any atom is 0.137 e. The van der Waals surface area contributed by atoms with Crippen molar-refractivity contribution >= 4 is 21.6 Å². The van der Waals surface area contributed by atoms with E-state index in [-0.39, 0.29) is 0 Å². The minimum absolute atomic E-state index is 0.858. The third-order valence-corrected chi connectivity index (χ3v) is 3.59. The van der Waals surface area contributed by atoms with Gasteiger partial charge in [-0.15, -0.1) is 0 Å². The summed E-state index contributed by atoms with van der Waals surface area (Å²) in [4.78, 5) is 4.58. The molecule has 0 radical (unpaired) electrons. The van der Waals surface area contributed by atoms with Crippen molar-refractivity contribution in [1.29, 1.82) is 0 Å². The van der Waals surface area contributed by atoms with E-state index in [0.717, 1.165) is 32.8 Å². The summed E-state index contributed by atoms with van der Waals surface area (Å²) in [6.07, 6.45) is 2.04. The molecule has 2 aromatic heterocycles. The third kappa shape index (κ3) is 2.12. The first kappa shape index (κ1) is 12.2. The summed E-state index contributed by atoms with van der Waals surface area (Å²) in [7, 11) is 1.67. The van der Waals surface area contributed by atoms with E-state index in [4.69, 9.17) is 4.74 Å². The van der Waals surface area contributed by atoms with Crippen LogP contribution in [0.25, 0.3) is 16.9 Å². The molecule has 0 saturated carbocycles. The van der Waals surface area contributed by atoms with Crippen molar-refractivity contribution in [1.82, 2.24) is 9.38 Å². The summed E-state index contributed by atoms with van der Waals surface area (Å²) in [5, 5.41) is 0. The molecule has 0 atom stereocenters. The highest BCUT2D eigenvalue weighted by Gasteiger charge is 2.11. The van der Waals surface area contributed by atoms with Crippen molar-refractivity contribution in [2.75, 3.05) is 7.11 Å². The molecule has 0 aliphatic rings. The lowest BCUT2D eigenvalue weighted by molar-refractivity contribution is 0.415. The van der Waals surface area contributed by atoms with Gasteiger partial charge in [0, 0.05) is 16.2 Å². The van der Waals surface area contributed by atoms with Gasteiger partial charge >= 0.3 is 0 Å². The van der Waals surface area contributed by atoms with E-state index in [1.54, 1.807) is 7.11 Å². The van der Waals surface area contributed by atoms with E-state index in [9.17, 15) is 0 Å². The molecule has 96 valence electrons. The van der Waals surface area contributed by atoms with Crippen LogP contribution in [-0.4, -0.2) is 16.5 Å². The van der Waals surface area contributed by atoms with Crippen molar-refractivity contribution in [3.8, 4) is 17.0 Å². The van der Waals surface area contributed by atoms with Gasteiger partial charge in [0.05, 0.1) is 18.5 Å². The second-order valence-corrected chi connectivity index (χ2v) is 5.27. The maximum absolute atomic E-state index is 5.19. The molecule has 0 N–H and O–H groups in total. The average Bonchev–Trinajstić information content (AvgIpc) is 2.74. The third-order valence-electron chi connectivity index (χ3n) is 3.12. The molecule has 3 aromatic rings. The molecule has 4 heteroatoms. The number of aromatic nitrogens is 2. The smallest absolute Gasteiger partial charge is 0.137 e. The SMILES string of the molecule is COc1ccc(-c2c(C)nc3ccc(Br)cn23)cc1. The molecule has 0 saturated heterocycles. The van der Waals surface area contributed by atoms with Gasteiger partial charge in [0.1, 0.15) is 11.4 Å². The van der Waals surface area contributed by atoms with Crippen LogP contribution in [0.1, 0.15) is 5.69 Å². The Bertz CT molecular complexity index is 732. The lowest BCUT2D eigenvalue weighted by Gasteiger charge is -2.05. The van der Waals surface area contributed by atoms with Gasteiger partial charge in [0.25, 0.3) is 0 Å². The first-order valence-electron chi connectivity index (χ1n) is 5.97. The normalized spacial score (nSPS) is 10.9. The quantitative estimate of drug-likeness (QED) is 0.712. The fraction of sp³-hybridized carbons (Fsp3) is 0.133. The van der Waals surface area contributed by atoms with E-state index in [1.807, 2.05) is 37.4 Å². The highest BCUT2D eigenvalue weighted by molar-refractivity contribution is 9.10. The van der Waals surface area contributed by atoms with Gasteiger partial charge in [-0.3, -0.25) is 4.40 Å². The Hall–Kier alpha value is -1.81. The van der Waals surface area contributed by atoms with Crippen LogP contribution in [0.4, 0.5) is 0 Å². The van der Waals surface area contributed by atoms with Crippen molar-refractivity contribution in [2.24, 2.45) is 0 Å². The number of methoxy groups -OCH3 is 1. The van der Waals surface area contributed by atoms with Crippen molar-refractivity contribution < 1.29 is 4.74 Å². The first-order valence-corrected chi connectivity index (χ1v) is 6.77. The van der Waals surface area contributed by atoms with Crippen LogP contribution in [0, 0.1) is 6.92 Å². The zero-order valence-corrected chi connectivity index (χ0v) is 12.3. The molecular weight excluding hydrogens is 304 g/mol. The molecule has 0 unspecified atom stereocenters. The lowest BCUT2D eigenvalue weighted by Crippen LogP contribution is -1.90. The minimum atomic E-state index is 0.858. The predicted molar refractivity (Wildman–Crippen MR) is 79.6 cm³/mol. The number of ether oxygens (including phenoxy) is 1. The zero-order chi connectivity index (χ0) is 13.4. The van der Waals surface area contributed by atoms with E-state index < -0.39 is 0 Å². The summed E-state index contributed by atoms with van der Waals surface area (Å²) in [6, 6.07) is 12.0. The van der Waals surface area contributed by atoms with Gasteiger partial charge < -0.3 is 4.74 Å². The zero-order valence-electron chi connectivity index (χ0n) is 10.7. The molecule has 2 heterocycles. The monoisotopic (exact) mass is 316 g/mol. The molecule has 3 nitrogen and oxygen atoms in total. The molecule has 1 aromatic carbocycles. The van der Waals surface area contributed by atoms with E-state index in [0.29, 0.717) is 0 Å². The van der Waals surface area contributed by atoms with Gasteiger partial charge in [-0.05, 0) is 59.3 Å². The molecule has 0 aliphatic carbocycles. The largest absolute Gasteiger partial charge is 0.497 e. The Morgan fingerprint density at radius 2 is 1.84 bits per heavy atom. The fourth-order valence-corrected chi connectivity index (χ4v) is 2.57. The highest BCUT2D eigenvalue weighted by Crippen LogP contribution is 2.27. The lowest BCUT2D eigenvalue weighted by atomic mass is 10.1. The van der Waals surface area contributed by atoms with Gasteiger partial charge in [-0.1, -0.05) is 0 Å². The van der Waals surface area contributed by atoms with Crippen LogP contribution in [0.15, 0.2) is 47.1 Å². The summed E-state index contributed by atoms with van der Waals surface area (Å²) in [6.45, 7) is 2.03. The van der Waals surface area contributed by atoms with Crippen LogP contribution in [-0.2, 0) is 0 Å². The topological polar surface area (TPSA) is 26.5 Å². The van der Waals surface area contributed by atoms with Crippen LogP contribution >= 0.6 is 15.9 Å². The average molecular weight is 317 g/mol. The second kappa shape index (κ2) is 4.70. The number of hydrogen-bond acceptors (Lipinski definition) is 2. The van der Waals surface area contributed by atoms with Gasteiger partial charge in [-0.25, -0.2) is 4.98 Å². The number of hydrogen-bond donors (Lipinski definition) is 0. The number of fused-ring (bicyclic) bond motifs is 1. The Morgan fingerprint density at radius 1 is 1.11 bits per heavy atom. The van der Waals surface area contributed by atoms with Crippen LogP contribution < -0.4 is 4.74 Å². The molecule has 3 rings (SSSR count). The van der Waals surface area contributed by atoms with Gasteiger partial charge in [-0.2, -0.15) is 0 Å². The number of aryl methyl sites for hydroxylation is 1. The summed E-state index contributed by atoms with van der Waals surface area (Å²) < 4.78 is 8.33. The van der Waals surface area contributed by atoms with Crippen molar-refractivity contribution in [3.63, 3.8) is 0 Å². The predicted octanol–water partition coefficient (Wildman–Crippen LogP) is 4.08. The fourth-order valence-electron chi connectivity index (χ4n) is 2.23. The Morgan fingerprint density at radius 3 is 2.53 bits per heavy atom. The van der Waals surface area contributed by atoms with Gasteiger partial charge in [0.15, 0.2) is 0 Å². The van der Waals surface area contributed by atoms with E-state index in [1.165, 1.54) is 0 Å². The number of imidazole rings is 1. The molecule has 0 aliphatic heterocycles. The highest BCUT2D eigenvalue weighted by atomic mass is 79.9. The number of rotatable bonds is 2. The number of nitrogens with zero attached hydrogens (tertiary/aromatic N) is 2. The summed E-state index contributed by atoms with van der Waals surface area (Å²) in [5.41, 5.74) is 4.21. The molecular formula is C15H13BrN2O. The Kier molecular flexibility index (Phi) is 3.03. The molecule has 0 spiro atoms. The standard InChI is InChI=1S/C15H13BrN2O/c1-10-15(11-3-6-13(19-2)7-4-11)18-9-12(16)5-8-14(18)17-10/h3-9H,1-2H3. The molecule has 0 fully saturated rings. The van der Waals surface area contributed by atoms with E-state index >= 15 is 0 Å². The van der Waals surface area contributed by atoms with Crippen LogP contribution in [0.3, 0.4) is 0 Å². The summed E-state index contributed by atoms with van der Waals surface area (Å²) in [5.74, 6) is 0.858. The second-order valence-electron chi connectivity index (χ2n) is 4.35. The van der Waals surface area contributed by atoms with Gasteiger partial charge in [0.2, 0.25) is 0 Å². The van der Waals surface area contributed by atoms with Crippen molar-refractivity contribution in [2.45, 2.75) is 6.92 Å². The maximum atomic E-state index is 5.19. The summed E-state index contributed by atoms with van der Waals surface area (Å²) >= 11 is 3.50. The Labute approximate surface area is 120 Å².